The Morgan fingerprint density at radius 1 is 1.62 bits per heavy atom. The van der Waals surface area contributed by atoms with Gasteiger partial charge < -0.3 is 15.4 Å². The van der Waals surface area contributed by atoms with E-state index in [1.54, 1.807) is 0 Å². The van der Waals surface area contributed by atoms with E-state index in [9.17, 15) is 0 Å². The molecule has 5 nitrogen and oxygen atoms in total. The van der Waals surface area contributed by atoms with E-state index in [4.69, 9.17) is 10.5 Å². The van der Waals surface area contributed by atoms with E-state index >= 15 is 0 Å². The molecule has 1 fully saturated rings. The van der Waals surface area contributed by atoms with E-state index in [-0.39, 0.29) is 11.7 Å². The molecule has 1 aromatic heterocycles. The van der Waals surface area contributed by atoms with Crippen molar-refractivity contribution in [2.24, 2.45) is 5.73 Å². The lowest BCUT2D eigenvalue weighted by molar-refractivity contribution is -0.0788. The summed E-state index contributed by atoms with van der Waals surface area (Å²) in [5, 5.41) is 0.965. The third-order valence-electron chi connectivity index (χ3n) is 2.53. The topological polar surface area (TPSA) is 64.3 Å². The second kappa shape index (κ2) is 4.27. The highest BCUT2D eigenvalue weighted by molar-refractivity contribution is 7.09. The molecule has 1 aliphatic rings. The molecule has 0 aliphatic carbocycles. The zero-order chi connectivity index (χ0) is 11.8. The SMILES string of the molecule is Cc1nsc(N2CC(CN)OC(C)(C)C2)n1. The number of hydrogen-bond donors (Lipinski definition) is 1. The molecule has 0 bridgehead atoms. The fraction of sp³-hybridized carbons (Fsp3) is 0.800. The van der Waals surface area contributed by atoms with Crippen LogP contribution in [0.5, 0.6) is 0 Å². The molecule has 2 rings (SSSR count). The first-order valence-electron chi connectivity index (χ1n) is 5.43. The van der Waals surface area contributed by atoms with Gasteiger partial charge in [0.15, 0.2) is 0 Å². The Morgan fingerprint density at radius 2 is 2.38 bits per heavy atom. The lowest BCUT2D eigenvalue weighted by Gasteiger charge is -2.42. The van der Waals surface area contributed by atoms with E-state index in [0.29, 0.717) is 6.54 Å². The summed E-state index contributed by atoms with van der Waals surface area (Å²) in [4.78, 5) is 6.62. The molecule has 1 aliphatic heterocycles. The maximum atomic E-state index is 5.87. The van der Waals surface area contributed by atoms with Gasteiger partial charge in [0.05, 0.1) is 11.7 Å². The standard InChI is InChI=1S/C10H18N4OS/c1-7-12-9(16-13-7)14-5-8(4-11)15-10(2,3)6-14/h8H,4-6,11H2,1-3H3. The van der Waals surface area contributed by atoms with Crippen LogP contribution in [0.2, 0.25) is 0 Å². The molecule has 0 saturated carbocycles. The molecule has 0 spiro atoms. The molecule has 1 saturated heterocycles. The summed E-state index contributed by atoms with van der Waals surface area (Å²) in [6, 6.07) is 0. The lowest BCUT2D eigenvalue weighted by atomic mass is 10.1. The molecule has 1 aromatic rings. The largest absolute Gasteiger partial charge is 0.367 e. The van der Waals surface area contributed by atoms with E-state index in [2.05, 4.69) is 28.1 Å². The molecule has 16 heavy (non-hydrogen) atoms. The summed E-state index contributed by atoms with van der Waals surface area (Å²) in [6.07, 6.45) is 0.0768. The van der Waals surface area contributed by atoms with Crippen molar-refractivity contribution in [3.05, 3.63) is 5.82 Å². The van der Waals surface area contributed by atoms with Gasteiger partial charge in [-0.05, 0) is 20.8 Å². The average molecular weight is 242 g/mol. The fourth-order valence-electron chi connectivity index (χ4n) is 1.98. The Kier molecular flexibility index (Phi) is 3.14. The molecule has 1 atom stereocenters. The molecule has 2 heterocycles. The van der Waals surface area contributed by atoms with Crippen molar-refractivity contribution >= 4 is 16.7 Å². The van der Waals surface area contributed by atoms with Crippen molar-refractivity contribution in [2.75, 3.05) is 24.5 Å². The Balaban J connectivity index is 2.15. The van der Waals surface area contributed by atoms with Gasteiger partial charge in [-0.1, -0.05) is 0 Å². The quantitative estimate of drug-likeness (QED) is 0.830. The molecule has 0 aromatic carbocycles. The van der Waals surface area contributed by atoms with Crippen molar-refractivity contribution in [1.29, 1.82) is 0 Å². The second-order valence-electron chi connectivity index (χ2n) is 4.74. The maximum Gasteiger partial charge on any atom is 0.205 e. The molecule has 0 radical (unpaired) electrons. The summed E-state index contributed by atoms with van der Waals surface area (Å²) >= 11 is 1.44. The van der Waals surface area contributed by atoms with Crippen LogP contribution in [-0.2, 0) is 4.74 Å². The number of aromatic nitrogens is 2. The smallest absolute Gasteiger partial charge is 0.205 e. The number of ether oxygens (including phenoxy) is 1. The summed E-state index contributed by atoms with van der Waals surface area (Å²) < 4.78 is 10.1. The minimum Gasteiger partial charge on any atom is -0.367 e. The van der Waals surface area contributed by atoms with Crippen LogP contribution < -0.4 is 10.6 Å². The van der Waals surface area contributed by atoms with Gasteiger partial charge in [-0.15, -0.1) is 0 Å². The third kappa shape index (κ3) is 2.50. The molecule has 1 unspecified atom stereocenters. The summed E-state index contributed by atoms with van der Waals surface area (Å²) in [5.74, 6) is 0.827. The van der Waals surface area contributed by atoms with Crippen molar-refractivity contribution in [1.82, 2.24) is 9.36 Å². The molecular formula is C10H18N4OS. The third-order valence-corrected chi connectivity index (χ3v) is 3.40. The van der Waals surface area contributed by atoms with Crippen molar-refractivity contribution in [3.63, 3.8) is 0 Å². The van der Waals surface area contributed by atoms with Crippen LogP contribution in [0.4, 0.5) is 5.13 Å². The second-order valence-corrected chi connectivity index (χ2v) is 5.47. The van der Waals surface area contributed by atoms with Crippen molar-refractivity contribution in [2.45, 2.75) is 32.5 Å². The van der Waals surface area contributed by atoms with Crippen LogP contribution in [-0.4, -0.2) is 40.7 Å². The van der Waals surface area contributed by atoms with Crippen LogP contribution in [0.15, 0.2) is 0 Å². The number of anilines is 1. The highest BCUT2D eigenvalue weighted by Crippen LogP contribution is 2.26. The van der Waals surface area contributed by atoms with E-state index in [0.717, 1.165) is 24.0 Å². The van der Waals surface area contributed by atoms with Gasteiger partial charge in [0.25, 0.3) is 0 Å². The molecule has 6 heteroatoms. The minimum atomic E-state index is -0.179. The Hall–Kier alpha value is -0.720. The number of morpholine rings is 1. The van der Waals surface area contributed by atoms with Crippen LogP contribution in [0.1, 0.15) is 19.7 Å². The van der Waals surface area contributed by atoms with Gasteiger partial charge in [0, 0.05) is 31.2 Å². The number of aryl methyl sites for hydroxylation is 1. The van der Waals surface area contributed by atoms with Crippen molar-refractivity contribution < 1.29 is 4.74 Å². The highest BCUT2D eigenvalue weighted by atomic mass is 32.1. The maximum absolute atomic E-state index is 5.87. The zero-order valence-corrected chi connectivity index (χ0v) is 10.8. The average Bonchev–Trinajstić information content (AvgIpc) is 2.62. The first kappa shape index (κ1) is 11.8. The van der Waals surface area contributed by atoms with E-state index in [1.807, 2.05) is 6.92 Å². The van der Waals surface area contributed by atoms with Crippen molar-refractivity contribution in [3.8, 4) is 0 Å². The van der Waals surface area contributed by atoms with Gasteiger partial charge in [0.2, 0.25) is 5.13 Å². The minimum absolute atomic E-state index is 0.0768. The summed E-state index contributed by atoms with van der Waals surface area (Å²) in [6.45, 7) is 8.24. The Labute approximate surface area is 99.8 Å². The first-order valence-corrected chi connectivity index (χ1v) is 6.21. The van der Waals surface area contributed by atoms with Gasteiger partial charge in [-0.3, -0.25) is 0 Å². The predicted octanol–water partition coefficient (Wildman–Crippen LogP) is 0.789. The molecule has 90 valence electrons. The Bertz CT molecular complexity index is 365. The number of nitrogens with two attached hydrogens (primary N) is 1. The van der Waals surface area contributed by atoms with Gasteiger partial charge in [-0.25, -0.2) is 4.98 Å². The van der Waals surface area contributed by atoms with Crippen LogP contribution in [0, 0.1) is 6.92 Å². The molecule has 0 amide bonds. The zero-order valence-electron chi connectivity index (χ0n) is 9.93. The first-order chi connectivity index (χ1) is 7.50. The number of nitrogens with zero attached hydrogens (tertiary/aromatic N) is 3. The summed E-state index contributed by atoms with van der Waals surface area (Å²) in [5.41, 5.74) is 5.51. The molecular weight excluding hydrogens is 224 g/mol. The fourth-order valence-corrected chi connectivity index (χ4v) is 2.66. The summed E-state index contributed by atoms with van der Waals surface area (Å²) in [7, 11) is 0. The predicted molar refractivity (Wildman–Crippen MR) is 64.9 cm³/mol. The Morgan fingerprint density at radius 3 is 2.94 bits per heavy atom. The van der Waals surface area contributed by atoms with E-state index < -0.39 is 0 Å². The highest BCUT2D eigenvalue weighted by Gasteiger charge is 2.33. The number of rotatable bonds is 2. The normalized spacial score (nSPS) is 24.8. The van der Waals surface area contributed by atoms with Gasteiger partial charge in [0.1, 0.15) is 5.82 Å². The van der Waals surface area contributed by atoms with E-state index in [1.165, 1.54) is 11.5 Å². The van der Waals surface area contributed by atoms with Gasteiger partial charge >= 0.3 is 0 Å². The van der Waals surface area contributed by atoms with Gasteiger partial charge in [-0.2, -0.15) is 4.37 Å². The number of hydrogen-bond acceptors (Lipinski definition) is 6. The monoisotopic (exact) mass is 242 g/mol. The van der Waals surface area contributed by atoms with Crippen LogP contribution >= 0.6 is 11.5 Å². The van der Waals surface area contributed by atoms with Crippen LogP contribution in [0.3, 0.4) is 0 Å². The lowest BCUT2D eigenvalue weighted by Crippen LogP contribution is -2.54. The molecule has 2 N–H and O–H groups in total. The van der Waals surface area contributed by atoms with Crippen LogP contribution in [0.25, 0.3) is 0 Å².